The van der Waals surface area contributed by atoms with Crippen LogP contribution in [0.2, 0.25) is 0 Å². The van der Waals surface area contributed by atoms with E-state index in [1.165, 1.54) is 6.07 Å². The van der Waals surface area contributed by atoms with Gasteiger partial charge in [0.2, 0.25) is 0 Å². The lowest BCUT2D eigenvalue weighted by Gasteiger charge is -2.13. The number of benzene rings is 5. The normalized spacial score (nSPS) is 11.6. The second-order valence-corrected chi connectivity index (χ2v) is 9.93. The third kappa shape index (κ3) is 5.15. The smallest absolute Gasteiger partial charge is 0.292 e. The van der Waals surface area contributed by atoms with Crippen LogP contribution in [0.4, 0.5) is 13.2 Å². The van der Waals surface area contributed by atoms with E-state index in [4.69, 9.17) is 19.9 Å². The molecule has 7 aromatic rings. The Morgan fingerprint density at radius 2 is 1.00 bits per heavy atom. The van der Waals surface area contributed by atoms with Gasteiger partial charge in [-0.2, -0.15) is 13.2 Å². The molecule has 0 bridgehead atoms. The van der Waals surface area contributed by atoms with Crippen LogP contribution in [0.3, 0.4) is 0 Å². The maximum absolute atomic E-state index is 13.6. The van der Waals surface area contributed by atoms with Gasteiger partial charge in [-0.3, -0.25) is 4.57 Å². The van der Waals surface area contributed by atoms with Crippen molar-refractivity contribution in [2.24, 2.45) is 0 Å². The molecule has 0 atom stereocenters. The summed E-state index contributed by atoms with van der Waals surface area (Å²) in [5, 5.41) is 0. The molecule has 0 saturated carbocycles. The second-order valence-electron chi connectivity index (χ2n) is 9.93. The summed E-state index contributed by atoms with van der Waals surface area (Å²) in [5.41, 5.74) is 4.19. The van der Waals surface area contributed by atoms with Gasteiger partial charge in [0.1, 0.15) is 5.82 Å². The molecule has 0 spiro atoms. The summed E-state index contributed by atoms with van der Waals surface area (Å²) in [7, 11) is 0. The van der Waals surface area contributed by atoms with Gasteiger partial charge in [0.05, 0.1) is 16.6 Å². The van der Waals surface area contributed by atoms with Gasteiger partial charge < -0.3 is 0 Å². The number of hydrogen-bond acceptors (Lipinski definition) is 4. The van der Waals surface area contributed by atoms with Crippen molar-refractivity contribution in [1.82, 2.24) is 24.5 Å². The Hall–Kier alpha value is -5.63. The molecule has 8 heteroatoms. The topological polar surface area (TPSA) is 56.5 Å². The van der Waals surface area contributed by atoms with Gasteiger partial charge in [-0.05, 0) is 36.4 Å². The SMILES string of the molecule is FC(F)(F)c1cccc(-c2nc3ccccc3n2-c2cccc(-c3nc(-c4ccccc4)nc(-c4ccccc4)n3)c2)c1. The number of nitrogens with zero attached hydrogens (tertiary/aromatic N) is 5. The molecule has 43 heavy (non-hydrogen) atoms. The highest BCUT2D eigenvalue weighted by Crippen LogP contribution is 2.35. The Morgan fingerprint density at radius 1 is 0.465 bits per heavy atom. The summed E-state index contributed by atoms with van der Waals surface area (Å²) in [6.07, 6.45) is -4.47. The van der Waals surface area contributed by atoms with Crippen LogP contribution in [0.5, 0.6) is 0 Å². The third-order valence-corrected chi connectivity index (χ3v) is 7.07. The third-order valence-electron chi connectivity index (χ3n) is 7.07. The average Bonchev–Trinajstić information content (AvgIpc) is 3.45. The van der Waals surface area contributed by atoms with Crippen molar-refractivity contribution in [3.05, 3.63) is 139 Å². The maximum atomic E-state index is 13.6. The first-order chi connectivity index (χ1) is 20.9. The second kappa shape index (κ2) is 10.6. The van der Waals surface area contributed by atoms with Crippen LogP contribution in [0, 0.1) is 0 Å². The summed E-state index contributed by atoms with van der Waals surface area (Å²) >= 11 is 0. The monoisotopic (exact) mass is 569 g/mol. The van der Waals surface area contributed by atoms with Crippen LogP contribution in [-0.2, 0) is 6.18 Å². The van der Waals surface area contributed by atoms with Gasteiger partial charge in [-0.1, -0.05) is 97.1 Å². The first-order valence-corrected chi connectivity index (χ1v) is 13.6. The van der Waals surface area contributed by atoms with E-state index in [1.807, 2.05) is 114 Å². The maximum Gasteiger partial charge on any atom is 0.416 e. The molecule has 0 radical (unpaired) electrons. The molecule has 5 aromatic carbocycles. The lowest BCUT2D eigenvalue weighted by atomic mass is 10.1. The summed E-state index contributed by atoms with van der Waals surface area (Å²) in [6, 6.07) is 39.7. The minimum absolute atomic E-state index is 0.356. The number of aromatic nitrogens is 5. The summed E-state index contributed by atoms with van der Waals surface area (Å²) in [6.45, 7) is 0. The highest BCUT2D eigenvalue weighted by atomic mass is 19.4. The van der Waals surface area contributed by atoms with Gasteiger partial charge in [0.15, 0.2) is 17.5 Å². The Labute approximate surface area is 245 Å². The number of halogens is 3. The molecule has 2 aromatic heterocycles. The Bertz CT molecular complexity index is 2010. The van der Waals surface area contributed by atoms with Gasteiger partial charge >= 0.3 is 6.18 Å². The van der Waals surface area contributed by atoms with E-state index < -0.39 is 11.7 Å². The quantitative estimate of drug-likeness (QED) is 0.208. The van der Waals surface area contributed by atoms with Crippen LogP contribution in [0.1, 0.15) is 5.56 Å². The molecule has 0 unspecified atom stereocenters. The van der Waals surface area contributed by atoms with Crippen molar-refractivity contribution in [3.63, 3.8) is 0 Å². The Balaban J connectivity index is 1.41. The van der Waals surface area contributed by atoms with E-state index in [0.717, 1.165) is 34.3 Å². The predicted octanol–water partition coefficient (Wildman–Crippen LogP) is 8.90. The number of fused-ring (bicyclic) bond motifs is 1. The van der Waals surface area contributed by atoms with Crippen molar-refractivity contribution in [1.29, 1.82) is 0 Å². The van der Waals surface area contributed by atoms with E-state index in [2.05, 4.69) is 0 Å². The minimum Gasteiger partial charge on any atom is -0.292 e. The van der Waals surface area contributed by atoms with Crippen LogP contribution < -0.4 is 0 Å². The van der Waals surface area contributed by atoms with Crippen molar-refractivity contribution in [3.8, 4) is 51.2 Å². The van der Waals surface area contributed by atoms with Crippen molar-refractivity contribution in [2.75, 3.05) is 0 Å². The highest BCUT2D eigenvalue weighted by molar-refractivity contribution is 5.84. The number of para-hydroxylation sites is 2. The van der Waals surface area contributed by atoms with Crippen LogP contribution in [-0.4, -0.2) is 24.5 Å². The lowest BCUT2D eigenvalue weighted by Crippen LogP contribution is -2.05. The first kappa shape index (κ1) is 26.3. The molecule has 0 aliphatic rings. The molecule has 5 nitrogen and oxygen atoms in total. The average molecular weight is 570 g/mol. The van der Waals surface area contributed by atoms with Crippen molar-refractivity contribution in [2.45, 2.75) is 6.18 Å². The fourth-order valence-electron chi connectivity index (χ4n) is 5.04. The zero-order valence-corrected chi connectivity index (χ0v) is 22.6. The molecule has 0 saturated heterocycles. The summed E-state index contributed by atoms with van der Waals surface area (Å²) in [4.78, 5) is 19.2. The highest BCUT2D eigenvalue weighted by Gasteiger charge is 2.31. The zero-order chi connectivity index (χ0) is 29.4. The van der Waals surface area contributed by atoms with E-state index in [1.54, 1.807) is 6.07 Å². The molecular formula is C35H22F3N5. The van der Waals surface area contributed by atoms with Gasteiger partial charge in [-0.25, -0.2) is 19.9 Å². The Kier molecular flexibility index (Phi) is 6.51. The molecule has 0 aliphatic heterocycles. The molecule has 0 aliphatic carbocycles. The van der Waals surface area contributed by atoms with E-state index in [-0.39, 0.29) is 0 Å². The minimum atomic E-state index is -4.47. The van der Waals surface area contributed by atoms with Crippen LogP contribution in [0.15, 0.2) is 133 Å². The van der Waals surface area contributed by atoms with Crippen LogP contribution >= 0.6 is 0 Å². The van der Waals surface area contributed by atoms with Gasteiger partial charge in [0, 0.05) is 27.9 Å². The van der Waals surface area contributed by atoms with E-state index >= 15 is 0 Å². The number of rotatable bonds is 5. The number of imidazole rings is 1. The molecular weight excluding hydrogens is 547 g/mol. The van der Waals surface area contributed by atoms with Crippen molar-refractivity contribution < 1.29 is 13.2 Å². The predicted molar refractivity (Wildman–Crippen MR) is 161 cm³/mol. The molecule has 0 fully saturated rings. The van der Waals surface area contributed by atoms with Gasteiger partial charge in [-0.15, -0.1) is 0 Å². The molecule has 7 rings (SSSR count). The van der Waals surface area contributed by atoms with Crippen LogP contribution in [0.25, 0.3) is 62.3 Å². The molecule has 2 heterocycles. The van der Waals surface area contributed by atoms with Gasteiger partial charge in [0.25, 0.3) is 0 Å². The lowest BCUT2D eigenvalue weighted by molar-refractivity contribution is -0.137. The van der Waals surface area contributed by atoms with E-state index in [0.29, 0.717) is 40.1 Å². The fourth-order valence-corrected chi connectivity index (χ4v) is 5.04. The zero-order valence-electron chi connectivity index (χ0n) is 22.6. The summed E-state index contributed by atoms with van der Waals surface area (Å²) < 4.78 is 42.7. The Morgan fingerprint density at radius 3 is 1.65 bits per heavy atom. The number of hydrogen-bond donors (Lipinski definition) is 0. The molecule has 208 valence electrons. The number of alkyl halides is 3. The molecule has 0 N–H and O–H groups in total. The molecule has 0 amide bonds. The first-order valence-electron chi connectivity index (χ1n) is 13.6. The fraction of sp³-hybridized carbons (Fsp3) is 0.0286. The van der Waals surface area contributed by atoms with Crippen molar-refractivity contribution >= 4 is 11.0 Å². The standard InChI is InChI=1S/C35H22F3N5/c36-35(37,38)27-17-9-16-26(21-27)34-39-29-19-7-8-20-30(29)43(34)28-18-10-15-25(22-28)33-41-31(23-11-3-1-4-12-23)40-32(42-33)24-13-5-2-6-14-24/h1-22H. The largest absolute Gasteiger partial charge is 0.416 e. The van der Waals surface area contributed by atoms with E-state index in [9.17, 15) is 13.2 Å². The summed E-state index contributed by atoms with van der Waals surface area (Å²) in [5.74, 6) is 1.94.